The number of hydrogen-bond acceptors (Lipinski definition) is 2. The van der Waals surface area contributed by atoms with Crippen LogP contribution in [0.25, 0.3) is 0 Å². The van der Waals surface area contributed by atoms with Crippen LogP contribution in [-0.4, -0.2) is 23.5 Å². The molecule has 0 bridgehead atoms. The number of rotatable bonds is 5. The Labute approximate surface area is 98.5 Å². The molecule has 0 aliphatic carbocycles. The summed E-state index contributed by atoms with van der Waals surface area (Å²) in [6, 6.07) is 6.02. The van der Waals surface area contributed by atoms with E-state index in [0.717, 1.165) is 5.56 Å². The second kappa shape index (κ2) is 5.98. The van der Waals surface area contributed by atoms with Crippen LogP contribution in [-0.2, 0) is 9.59 Å². The van der Waals surface area contributed by atoms with E-state index in [1.165, 1.54) is 12.1 Å². The van der Waals surface area contributed by atoms with E-state index in [1.54, 1.807) is 19.1 Å². The van der Waals surface area contributed by atoms with Crippen molar-refractivity contribution in [3.8, 4) is 0 Å². The molecule has 1 aromatic carbocycles. The summed E-state index contributed by atoms with van der Waals surface area (Å²) in [7, 11) is 0. The minimum absolute atomic E-state index is 0.136. The summed E-state index contributed by atoms with van der Waals surface area (Å²) in [5.74, 6) is -1.94. The fourth-order valence-electron chi connectivity index (χ4n) is 1.46. The zero-order valence-corrected chi connectivity index (χ0v) is 9.44. The smallest absolute Gasteiger partial charge is 0.322 e. The third-order valence-corrected chi connectivity index (χ3v) is 2.35. The Kier molecular flexibility index (Phi) is 4.63. The van der Waals surface area contributed by atoms with Crippen molar-refractivity contribution in [3.63, 3.8) is 0 Å². The third kappa shape index (κ3) is 4.63. The third-order valence-electron chi connectivity index (χ3n) is 2.35. The van der Waals surface area contributed by atoms with Gasteiger partial charge in [0, 0.05) is 6.42 Å². The number of amides is 1. The standard InChI is InChI=1S/C12H14FNO3/c1-8(5-11(15)14-7-12(16)17)9-3-2-4-10(13)6-9/h2-4,6,8H,5,7H2,1H3,(H,14,15)(H,16,17). The Morgan fingerprint density at radius 1 is 1.47 bits per heavy atom. The summed E-state index contributed by atoms with van der Waals surface area (Å²) < 4.78 is 12.9. The minimum atomic E-state index is -1.09. The van der Waals surface area contributed by atoms with Crippen molar-refractivity contribution in [2.24, 2.45) is 0 Å². The molecule has 17 heavy (non-hydrogen) atoms. The molecule has 1 aromatic rings. The number of carboxylic acid groups (broad SMARTS) is 1. The molecule has 0 heterocycles. The summed E-state index contributed by atoms with van der Waals surface area (Å²) in [6.07, 6.45) is 0.136. The molecular formula is C12H14FNO3. The lowest BCUT2D eigenvalue weighted by Crippen LogP contribution is -2.29. The average molecular weight is 239 g/mol. The Morgan fingerprint density at radius 3 is 2.76 bits per heavy atom. The van der Waals surface area contributed by atoms with E-state index in [2.05, 4.69) is 5.32 Å². The molecule has 0 saturated carbocycles. The number of aliphatic carboxylic acids is 1. The van der Waals surface area contributed by atoms with Crippen LogP contribution >= 0.6 is 0 Å². The SMILES string of the molecule is CC(CC(=O)NCC(=O)O)c1cccc(F)c1. The van der Waals surface area contributed by atoms with Gasteiger partial charge in [0.15, 0.2) is 0 Å². The Balaban J connectivity index is 2.51. The van der Waals surface area contributed by atoms with Gasteiger partial charge in [0.05, 0.1) is 0 Å². The van der Waals surface area contributed by atoms with Crippen molar-refractivity contribution in [1.29, 1.82) is 0 Å². The quantitative estimate of drug-likeness (QED) is 0.818. The number of carbonyl (C=O) groups excluding carboxylic acids is 1. The Hall–Kier alpha value is -1.91. The number of carboxylic acids is 1. The predicted molar refractivity (Wildman–Crippen MR) is 60.1 cm³/mol. The minimum Gasteiger partial charge on any atom is -0.480 e. The van der Waals surface area contributed by atoms with Crippen LogP contribution in [0, 0.1) is 5.82 Å². The fraction of sp³-hybridized carbons (Fsp3) is 0.333. The monoisotopic (exact) mass is 239 g/mol. The van der Waals surface area contributed by atoms with Crippen molar-refractivity contribution in [3.05, 3.63) is 35.6 Å². The number of benzene rings is 1. The Bertz CT molecular complexity index is 420. The second-order valence-corrected chi connectivity index (χ2v) is 3.83. The second-order valence-electron chi connectivity index (χ2n) is 3.83. The highest BCUT2D eigenvalue weighted by atomic mass is 19.1. The van der Waals surface area contributed by atoms with Crippen molar-refractivity contribution >= 4 is 11.9 Å². The van der Waals surface area contributed by atoms with Crippen LogP contribution in [0.2, 0.25) is 0 Å². The molecule has 0 spiro atoms. The molecule has 4 nitrogen and oxygen atoms in total. The van der Waals surface area contributed by atoms with Crippen LogP contribution < -0.4 is 5.32 Å². The lowest BCUT2D eigenvalue weighted by molar-refractivity contribution is -0.138. The molecule has 0 saturated heterocycles. The number of nitrogens with one attached hydrogen (secondary N) is 1. The van der Waals surface area contributed by atoms with Gasteiger partial charge in [0.25, 0.3) is 0 Å². The molecule has 1 amide bonds. The molecular weight excluding hydrogens is 225 g/mol. The van der Waals surface area contributed by atoms with Gasteiger partial charge in [-0.3, -0.25) is 9.59 Å². The van der Waals surface area contributed by atoms with Gasteiger partial charge in [-0.15, -0.1) is 0 Å². The number of halogens is 1. The van der Waals surface area contributed by atoms with Crippen molar-refractivity contribution in [1.82, 2.24) is 5.32 Å². The van der Waals surface area contributed by atoms with E-state index in [9.17, 15) is 14.0 Å². The molecule has 1 unspecified atom stereocenters. The van der Waals surface area contributed by atoms with E-state index in [1.807, 2.05) is 0 Å². The van der Waals surface area contributed by atoms with E-state index in [4.69, 9.17) is 5.11 Å². The van der Waals surface area contributed by atoms with Crippen LogP contribution in [0.15, 0.2) is 24.3 Å². The summed E-state index contributed by atoms with van der Waals surface area (Å²) in [6.45, 7) is 1.39. The summed E-state index contributed by atoms with van der Waals surface area (Å²) in [4.78, 5) is 21.6. The normalized spacial score (nSPS) is 11.9. The van der Waals surface area contributed by atoms with Crippen LogP contribution in [0.3, 0.4) is 0 Å². The summed E-state index contributed by atoms with van der Waals surface area (Å²) >= 11 is 0. The maximum absolute atomic E-state index is 12.9. The molecule has 0 aliphatic heterocycles. The maximum atomic E-state index is 12.9. The van der Waals surface area contributed by atoms with Gasteiger partial charge < -0.3 is 10.4 Å². The lowest BCUT2D eigenvalue weighted by atomic mass is 9.97. The summed E-state index contributed by atoms with van der Waals surface area (Å²) in [5, 5.41) is 10.7. The van der Waals surface area contributed by atoms with Gasteiger partial charge in [-0.05, 0) is 23.6 Å². The first kappa shape index (κ1) is 13.2. The van der Waals surface area contributed by atoms with Gasteiger partial charge >= 0.3 is 5.97 Å². The first-order chi connectivity index (χ1) is 7.99. The van der Waals surface area contributed by atoms with Crippen molar-refractivity contribution < 1.29 is 19.1 Å². The molecule has 92 valence electrons. The molecule has 0 radical (unpaired) electrons. The Morgan fingerprint density at radius 2 is 2.18 bits per heavy atom. The highest BCUT2D eigenvalue weighted by molar-refractivity contribution is 5.81. The predicted octanol–water partition coefficient (Wildman–Crippen LogP) is 1.52. The molecule has 0 aliphatic rings. The topological polar surface area (TPSA) is 66.4 Å². The molecule has 2 N–H and O–H groups in total. The molecule has 1 atom stereocenters. The highest BCUT2D eigenvalue weighted by Crippen LogP contribution is 2.19. The zero-order valence-electron chi connectivity index (χ0n) is 9.44. The first-order valence-corrected chi connectivity index (χ1v) is 5.23. The largest absolute Gasteiger partial charge is 0.480 e. The zero-order chi connectivity index (χ0) is 12.8. The average Bonchev–Trinajstić information content (AvgIpc) is 2.26. The van der Waals surface area contributed by atoms with Crippen molar-refractivity contribution in [2.45, 2.75) is 19.3 Å². The van der Waals surface area contributed by atoms with E-state index in [0.29, 0.717) is 0 Å². The van der Waals surface area contributed by atoms with E-state index < -0.39 is 12.5 Å². The maximum Gasteiger partial charge on any atom is 0.322 e. The highest BCUT2D eigenvalue weighted by Gasteiger charge is 2.12. The number of hydrogen-bond donors (Lipinski definition) is 2. The van der Waals surface area contributed by atoms with Gasteiger partial charge in [0.1, 0.15) is 12.4 Å². The molecule has 0 aromatic heterocycles. The molecule has 0 fully saturated rings. The lowest BCUT2D eigenvalue weighted by Gasteiger charge is -2.11. The van der Waals surface area contributed by atoms with Crippen LogP contribution in [0.5, 0.6) is 0 Å². The van der Waals surface area contributed by atoms with E-state index >= 15 is 0 Å². The van der Waals surface area contributed by atoms with Crippen LogP contribution in [0.4, 0.5) is 4.39 Å². The molecule has 1 rings (SSSR count). The van der Waals surface area contributed by atoms with Crippen molar-refractivity contribution in [2.75, 3.05) is 6.54 Å². The van der Waals surface area contributed by atoms with Gasteiger partial charge in [0.2, 0.25) is 5.91 Å². The molecule has 5 heteroatoms. The van der Waals surface area contributed by atoms with E-state index in [-0.39, 0.29) is 24.1 Å². The number of carbonyl (C=O) groups is 2. The van der Waals surface area contributed by atoms with Gasteiger partial charge in [-0.2, -0.15) is 0 Å². The van der Waals surface area contributed by atoms with Gasteiger partial charge in [-0.25, -0.2) is 4.39 Å². The first-order valence-electron chi connectivity index (χ1n) is 5.23. The van der Waals surface area contributed by atoms with Crippen LogP contribution in [0.1, 0.15) is 24.8 Å². The fourth-order valence-corrected chi connectivity index (χ4v) is 1.46. The summed E-state index contributed by atoms with van der Waals surface area (Å²) in [5.41, 5.74) is 0.718. The van der Waals surface area contributed by atoms with Gasteiger partial charge in [-0.1, -0.05) is 19.1 Å².